The molecule has 0 saturated carbocycles. The van der Waals surface area contributed by atoms with Crippen LogP contribution in [0.4, 0.5) is 5.13 Å². The zero-order valence-electron chi connectivity index (χ0n) is 15.5. The second-order valence-corrected chi connectivity index (χ2v) is 7.26. The van der Waals surface area contributed by atoms with E-state index in [1.165, 1.54) is 11.3 Å². The lowest BCUT2D eigenvalue weighted by Crippen LogP contribution is -2.11. The predicted octanol–water partition coefficient (Wildman–Crippen LogP) is 4.98. The fraction of sp³-hybridized carbons (Fsp3) is 0.143. The van der Waals surface area contributed by atoms with Crippen LogP contribution in [0.15, 0.2) is 59.1 Å². The maximum Gasteiger partial charge on any atom is 0.270 e. The number of amides is 1. The van der Waals surface area contributed by atoms with E-state index in [2.05, 4.69) is 20.4 Å². The third kappa shape index (κ3) is 3.70. The summed E-state index contributed by atoms with van der Waals surface area (Å²) in [4.78, 5) is 22.3. The summed E-state index contributed by atoms with van der Waals surface area (Å²) < 4.78 is 5.46. The van der Waals surface area contributed by atoms with Crippen molar-refractivity contribution in [2.45, 2.75) is 20.3 Å². The Kier molecular flexibility index (Phi) is 4.99. The maximum absolute atomic E-state index is 12.5. The van der Waals surface area contributed by atoms with Gasteiger partial charge >= 0.3 is 0 Å². The number of nitrogens with zero attached hydrogens (tertiary/aromatic N) is 3. The van der Waals surface area contributed by atoms with E-state index in [1.54, 1.807) is 12.1 Å². The highest BCUT2D eigenvalue weighted by atomic mass is 32.1. The highest BCUT2D eigenvalue weighted by Gasteiger charge is 2.19. The Morgan fingerprint density at radius 1 is 1.07 bits per heavy atom. The third-order valence-electron chi connectivity index (χ3n) is 4.22. The largest absolute Gasteiger partial charge is 0.333 e. The SMILES string of the molecule is CCc1nc(NC(=O)c2ccc(C)cc2)sc1-c1nc(-c2ccccc2)no1. The summed E-state index contributed by atoms with van der Waals surface area (Å²) in [7, 11) is 0. The van der Waals surface area contributed by atoms with Gasteiger partial charge in [0, 0.05) is 11.1 Å². The Bertz CT molecular complexity index is 1100. The topological polar surface area (TPSA) is 80.9 Å². The lowest BCUT2D eigenvalue weighted by atomic mass is 10.1. The van der Waals surface area contributed by atoms with E-state index in [9.17, 15) is 4.79 Å². The zero-order chi connectivity index (χ0) is 19.5. The summed E-state index contributed by atoms with van der Waals surface area (Å²) in [6.07, 6.45) is 0.690. The number of thiazole rings is 1. The van der Waals surface area contributed by atoms with Crippen molar-refractivity contribution in [2.75, 3.05) is 5.32 Å². The first-order valence-corrected chi connectivity index (χ1v) is 9.73. The Balaban J connectivity index is 1.59. The van der Waals surface area contributed by atoms with Gasteiger partial charge in [0.1, 0.15) is 4.88 Å². The standard InChI is InChI=1S/C21H18N4O2S/c1-3-16-17(20-23-18(25-27-20)14-7-5-4-6-8-14)28-21(22-16)24-19(26)15-11-9-13(2)10-12-15/h4-12H,3H2,1-2H3,(H,22,24,26). The first kappa shape index (κ1) is 18.1. The normalized spacial score (nSPS) is 10.8. The Labute approximate surface area is 166 Å². The number of hydrogen-bond acceptors (Lipinski definition) is 6. The van der Waals surface area contributed by atoms with Crippen molar-refractivity contribution in [3.63, 3.8) is 0 Å². The average Bonchev–Trinajstić information content (AvgIpc) is 3.36. The quantitative estimate of drug-likeness (QED) is 0.519. The molecule has 28 heavy (non-hydrogen) atoms. The van der Waals surface area contributed by atoms with Crippen LogP contribution in [0.25, 0.3) is 22.2 Å². The highest BCUT2D eigenvalue weighted by Crippen LogP contribution is 2.33. The molecule has 0 radical (unpaired) electrons. The monoisotopic (exact) mass is 390 g/mol. The van der Waals surface area contributed by atoms with Crippen LogP contribution in [0.3, 0.4) is 0 Å². The third-order valence-corrected chi connectivity index (χ3v) is 5.22. The van der Waals surface area contributed by atoms with Gasteiger partial charge in [-0.15, -0.1) is 0 Å². The number of nitrogens with one attached hydrogen (secondary N) is 1. The molecule has 0 atom stereocenters. The second-order valence-electron chi connectivity index (χ2n) is 6.26. The minimum atomic E-state index is -0.196. The van der Waals surface area contributed by atoms with E-state index in [0.29, 0.717) is 28.8 Å². The lowest BCUT2D eigenvalue weighted by molar-refractivity contribution is 0.102. The van der Waals surface area contributed by atoms with Crippen LogP contribution in [0, 0.1) is 6.92 Å². The molecule has 0 saturated heterocycles. The smallest absolute Gasteiger partial charge is 0.270 e. The molecule has 0 aliphatic carbocycles. The molecule has 1 N–H and O–H groups in total. The van der Waals surface area contributed by atoms with Crippen LogP contribution in [0.1, 0.15) is 28.5 Å². The second kappa shape index (κ2) is 7.74. The van der Waals surface area contributed by atoms with Crippen molar-refractivity contribution in [1.29, 1.82) is 0 Å². The number of rotatable bonds is 5. The molecule has 4 aromatic rings. The van der Waals surface area contributed by atoms with E-state index >= 15 is 0 Å². The van der Waals surface area contributed by atoms with Gasteiger partial charge < -0.3 is 4.52 Å². The predicted molar refractivity (Wildman–Crippen MR) is 109 cm³/mol. The lowest BCUT2D eigenvalue weighted by Gasteiger charge is -2.01. The number of aromatic nitrogens is 3. The molecule has 2 heterocycles. The maximum atomic E-state index is 12.5. The van der Waals surface area contributed by atoms with Crippen molar-refractivity contribution < 1.29 is 9.32 Å². The number of benzene rings is 2. The molecule has 1 amide bonds. The number of hydrogen-bond donors (Lipinski definition) is 1. The van der Waals surface area contributed by atoms with Gasteiger partial charge in [0.05, 0.1) is 5.69 Å². The molecule has 0 spiro atoms. The van der Waals surface area contributed by atoms with Crippen molar-refractivity contribution in [2.24, 2.45) is 0 Å². The summed E-state index contributed by atoms with van der Waals surface area (Å²) in [6, 6.07) is 17.0. The number of aryl methyl sites for hydroxylation is 2. The fourth-order valence-corrected chi connectivity index (χ4v) is 3.68. The summed E-state index contributed by atoms with van der Waals surface area (Å²) >= 11 is 1.33. The first-order chi connectivity index (χ1) is 13.6. The van der Waals surface area contributed by atoms with E-state index in [1.807, 2.05) is 56.3 Å². The molecule has 2 aromatic carbocycles. The van der Waals surface area contributed by atoms with Crippen LogP contribution in [0.2, 0.25) is 0 Å². The molecule has 0 bridgehead atoms. The molecule has 6 nitrogen and oxygen atoms in total. The van der Waals surface area contributed by atoms with Gasteiger partial charge in [-0.1, -0.05) is 71.4 Å². The van der Waals surface area contributed by atoms with Gasteiger partial charge in [-0.05, 0) is 25.5 Å². The Morgan fingerprint density at radius 3 is 2.54 bits per heavy atom. The summed E-state index contributed by atoms with van der Waals surface area (Å²) in [6.45, 7) is 3.98. The summed E-state index contributed by atoms with van der Waals surface area (Å²) in [5.74, 6) is 0.735. The van der Waals surface area contributed by atoms with Crippen LogP contribution >= 0.6 is 11.3 Å². The molecule has 7 heteroatoms. The highest BCUT2D eigenvalue weighted by molar-refractivity contribution is 7.19. The van der Waals surface area contributed by atoms with Crippen molar-refractivity contribution in [3.05, 3.63) is 71.4 Å². The molecule has 0 fully saturated rings. The fourth-order valence-electron chi connectivity index (χ4n) is 2.71. The molecular formula is C21H18N4O2S. The van der Waals surface area contributed by atoms with Gasteiger partial charge in [0.15, 0.2) is 5.13 Å². The number of anilines is 1. The van der Waals surface area contributed by atoms with Crippen molar-refractivity contribution in [3.8, 4) is 22.2 Å². The first-order valence-electron chi connectivity index (χ1n) is 8.91. The van der Waals surface area contributed by atoms with Gasteiger partial charge in [-0.3, -0.25) is 10.1 Å². The molecule has 140 valence electrons. The van der Waals surface area contributed by atoms with Crippen LogP contribution in [0.5, 0.6) is 0 Å². The zero-order valence-corrected chi connectivity index (χ0v) is 16.3. The molecule has 0 aliphatic heterocycles. The van der Waals surface area contributed by atoms with E-state index in [4.69, 9.17) is 4.52 Å². The number of carbonyl (C=O) groups excluding carboxylic acids is 1. The number of carbonyl (C=O) groups is 1. The van der Waals surface area contributed by atoms with Crippen LogP contribution in [-0.4, -0.2) is 21.0 Å². The Morgan fingerprint density at radius 2 is 1.82 bits per heavy atom. The van der Waals surface area contributed by atoms with Gasteiger partial charge in [0.25, 0.3) is 11.8 Å². The van der Waals surface area contributed by atoms with Crippen LogP contribution < -0.4 is 5.32 Å². The Hall–Kier alpha value is -3.32. The minimum Gasteiger partial charge on any atom is -0.333 e. The van der Waals surface area contributed by atoms with Crippen LogP contribution in [-0.2, 0) is 6.42 Å². The van der Waals surface area contributed by atoms with E-state index < -0.39 is 0 Å². The average molecular weight is 390 g/mol. The van der Waals surface area contributed by atoms with Gasteiger partial charge in [0.2, 0.25) is 5.82 Å². The van der Waals surface area contributed by atoms with E-state index in [0.717, 1.165) is 21.7 Å². The van der Waals surface area contributed by atoms with Crippen molar-refractivity contribution in [1.82, 2.24) is 15.1 Å². The van der Waals surface area contributed by atoms with E-state index in [-0.39, 0.29) is 5.91 Å². The summed E-state index contributed by atoms with van der Waals surface area (Å²) in [5.41, 5.74) is 3.39. The van der Waals surface area contributed by atoms with Gasteiger partial charge in [-0.25, -0.2) is 4.98 Å². The minimum absolute atomic E-state index is 0.196. The summed E-state index contributed by atoms with van der Waals surface area (Å²) in [5, 5.41) is 7.44. The molecule has 2 aromatic heterocycles. The molecular weight excluding hydrogens is 372 g/mol. The molecule has 0 aliphatic rings. The van der Waals surface area contributed by atoms with Crippen molar-refractivity contribution >= 4 is 22.4 Å². The van der Waals surface area contributed by atoms with Gasteiger partial charge in [-0.2, -0.15) is 4.98 Å². The molecule has 4 rings (SSSR count). The molecule has 0 unspecified atom stereocenters.